The van der Waals surface area contributed by atoms with Crippen LogP contribution in [0.5, 0.6) is 0 Å². The molecule has 0 amide bonds. The molecule has 1 rings (SSSR count). The van der Waals surface area contributed by atoms with Gasteiger partial charge in [0.1, 0.15) is 0 Å². The van der Waals surface area contributed by atoms with E-state index in [-0.39, 0.29) is 11.8 Å². The molecule has 0 aliphatic rings. The highest BCUT2D eigenvalue weighted by Crippen LogP contribution is 2.22. The predicted molar refractivity (Wildman–Crippen MR) is 75.1 cm³/mol. The van der Waals surface area contributed by atoms with Crippen molar-refractivity contribution in [3.8, 4) is 0 Å². The van der Waals surface area contributed by atoms with Crippen LogP contribution in [0.25, 0.3) is 0 Å². The van der Waals surface area contributed by atoms with E-state index < -0.39 is 5.97 Å². The molecule has 0 heterocycles. The summed E-state index contributed by atoms with van der Waals surface area (Å²) >= 11 is 0. The van der Waals surface area contributed by atoms with Crippen molar-refractivity contribution in [2.24, 2.45) is 5.41 Å². The SMILES string of the molecule is Cc1ccc(N(CCC(=O)O)CC(C)(C)C)cc1. The third-order valence-electron chi connectivity index (χ3n) is 2.66. The molecule has 1 aromatic carbocycles. The van der Waals surface area contributed by atoms with Gasteiger partial charge < -0.3 is 10.0 Å². The first-order chi connectivity index (χ1) is 8.28. The van der Waals surface area contributed by atoms with Crippen molar-refractivity contribution < 1.29 is 9.90 Å². The van der Waals surface area contributed by atoms with Gasteiger partial charge in [0.25, 0.3) is 0 Å². The van der Waals surface area contributed by atoms with Gasteiger partial charge in [0.15, 0.2) is 0 Å². The maximum absolute atomic E-state index is 10.7. The zero-order valence-electron chi connectivity index (χ0n) is 11.7. The van der Waals surface area contributed by atoms with Crippen LogP contribution < -0.4 is 4.90 Å². The molecule has 0 saturated carbocycles. The van der Waals surface area contributed by atoms with Crippen molar-refractivity contribution in [2.45, 2.75) is 34.1 Å². The summed E-state index contributed by atoms with van der Waals surface area (Å²) in [4.78, 5) is 12.9. The number of carboxylic acid groups (broad SMARTS) is 1. The number of aryl methyl sites for hydroxylation is 1. The highest BCUT2D eigenvalue weighted by Gasteiger charge is 2.17. The topological polar surface area (TPSA) is 40.5 Å². The molecule has 0 radical (unpaired) electrons. The Hall–Kier alpha value is -1.51. The fourth-order valence-corrected chi connectivity index (χ4v) is 1.86. The quantitative estimate of drug-likeness (QED) is 0.870. The van der Waals surface area contributed by atoms with Gasteiger partial charge in [0.05, 0.1) is 6.42 Å². The average Bonchev–Trinajstić information content (AvgIpc) is 2.23. The van der Waals surface area contributed by atoms with Gasteiger partial charge in [-0.05, 0) is 24.5 Å². The summed E-state index contributed by atoms with van der Waals surface area (Å²) in [5.41, 5.74) is 2.45. The third kappa shape index (κ3) is 5.21. The third-order valence-corrected chi connectivity index (χ3v) is 2.66. The lowest BCUT2D eigenvalue weighted by Crippen LogP contribution is -2.34. The zero-order chi connectivity index (χ0) is 13.8. The van der Waals surface area contributed by atoms with Gasteiger partial charge >= 0.3 is 5.97 Å². The molecule has 3 heteroatoms. The number of hydrogen-bond acceptors (Lipinski definition) is 2. The van der Waals surface area contributed by atoms with Gasteiger partial charge in [-0.2, -0.15) is 0 Å². The molecule has 3 nitrogen and oxygen atoms in total. The number of aliphatic carboxylic acids is 1. The normalized spacial score (nSPS) is 11.3. The highest BCUT2D eigenvalue weighted by molar-refractivity contribution is 5.67. The summed E-state index contributed by atoms with van der Waals surface area (Å²) in [6.45, 7) is 9.94. The lowest BCUT2D eigenvalue weighted by Gasteiger charge is -2.31. The van der Waals surface area contributed by atoms with Crippen LogP contribution in [0.15, 0.2) is 24.3 Å². The lowest BCUT2D eigenvalue weighted by molar-refractivity contribution is -0.136. The lowest BCUT2D eigenvalue weighted by atomic mass is 9.95. The largest absolute Gasteiger partial charge is 0.481 e. The standard InChI is InChI=1S/C15H23NO2/c1-12-5-7-13(8-6-12)16(10-9-14(17)18)11-15(2,3)4/h5-8H,9-11H2,1-4H3,(H,17,18). The molecule has 0 atom stereocenters. The minimum absolute atomic E-state index is 0.142. The average molecular weight is 249 g/mol. The zero-order valence-corrected chi connectivity index (χ0v) is 11.7. The van der Waals surface area contributed by atoms with E-state index >= 15 is 0 Å². The first-order valence-electron chi connectivity index (χ1n) is 6.31. The summed E-state index contributed by atoms with van der Waals surface area (Å²) in [5, 5.41) is 8.83. The monoisotopic (exact) mass is 249 g/mol. The highest BCUT2D eigenvalue weighted by atomic mass is 16.4. The molecule has 18 heavy (non-hydrogen) atoms. The van der Waals surface area contributed by atoms with E-state index in [1.54, 1.807) is 0 Å². The second-order valence-electron chi connectivity index (χ2n) is 5.96. The molecule has 1 N–H and O–H groups in total. The number of carbonyl (C=O) groups is 1. The molecular weight excluding hydrogens is 226 g/mol. The van der Waals surface area contributed by atoms with Crippen LogP contribution in [0.1, 0.15) is 32.8 Å². The Kier molecular flexibility index (Phi) is 4.76. The molecule has 0 bridgehead atoms. The predicted octanol–water partition coefficient (Wildman–Crippen LogP) is 3.32. The van der Waals surface area contributed by atoms with E-state index in [4.69, 9.17) is 5.11 Å². The van der Waals surface area contributed by atoms with Crippen molar-refractivity contribution in [3.63, 3.8) is 0 Å². The first-order valence-corrected chi connectivity index (χ1v) is 6.31. The molecule has 0 fully saturated rings. The Bertz CT molecular complexity index is 390. The van der Waals surface area contributed by atoms with E-state index in [0.717, 1.165) is 12.2 Å². The van der Waals surface area contributed by atoms with Crippen molar-refractivity contribution in [1.29, 1.82) is 0 Å². The summed E-state index contributed by atoms with van der Waals surface area (Å²) in [6, 6.07) is 8.24. The van der Waals surface area contributed by atoms with E-state index in [1.165, 1.54) is 5.56 Å². The van der Waals surface area contributed by atoms with Crippen LogP contribution >= 0.6 is 0 Å². The molecule has 0 aromatic heterocycles. The van der Waals surface area contributed by atoms with Crippen molar-refractivity contribution in [2.75, 3.05) is 18.0 Å². The molecule has 1 aromatic rings. The van der Waals surface area contributed by atoms with Crippen molar-refractivity contribution in [1.82, 2.24) is 0 Å². The number of hydrogen-bond donors (Lipinski definition) is 1. The number of carboxylic acids is 1. The fourth-order valence-electron chi connectivity index (χ4n) is 1.86. The van der Waals surface area contributed by atoms with E-state index in [2.05, 4.69) is 56.9 Å². The van der Waals surface area contributed by atoms with Crippen molar-refractivity contribution in [3.05, 3.63) is 29.8 Å². The number of rotatable bonds is 5. The van der Waals surface area contributed by atoms with Crippen LogP contribution in [-0.2, 0) is 4.79 Å². The molecular formula is C15H23NO2. The fraction of sp³-hybridized carbons (Fsp3) is 0.533. The van der Waals surface area contributed by atoms with Gasteiger partial charge in [-0.25, -0.2) is 0 Å². The number of nitrogens with zero attached hydrogens (tertiary/aromatic N) is 1. The van der Waals surface area contributed by atoms with Crippen LogP contribution in [0, 0.1) is 12.3 Å². The molecule has 0 unspecified atom stereocenters. The van der Waals surface area contributed by atoms with Gasteiger partial charge in [0, 0.05) is 18.8 Å². The maximum Gasteiger partial charge on any atom is 0.305 e. The molecule has 100 valence electrons. The smallest absolute Gasteiger partial charge is 0.305 e. The number of anilines is 1. The van der Waals surface area contributed by atoms with Crippen LogP contribution in [0.4, 0.5) is 5.69 Å². The van der Waals surface area contributed by atoms with Crippen molar-refractivity contribution >= 4 is 11.7 Å². The molecule has 0 aliphatic carbocycles. The van der Waals surface area contributed by atoms with E-state index in [1.807, 2.05) is 0 Å². The minimum atomic E-state index is -0.749. The molecule has 0 saturated heterocycles. The molecule has 0 aliphatic heterocycles. The number of benzene rings is 1. The van der Waals surface area contributed by atoms with E-state index in [0.29, 0.717) is 6.54 Å². The Morgan fingerprint density at radius 2 is 1.78 bits per heavy atom. The Balaban J connectivity index is 2.82. The summed E-state index contributed by atoms with van der Waals surface area (Å²) < 4.78 is 0. The van der Waals surface area contributed by atoms with Gasteiger partial charge in [-0.15, -0.1) is 0 Å². The van der Waals surface area contributed by atoms with Gasteiger partial charge in [-0.1, -0.05) is 38.5 Å². The first kappa shape index (κ1) is 14.6. The van der Waals surface area contributed by atoms with Crippen LogP contribution in [0.3, 0.4) is 0 Å². The Morgan fingerprint density at radius 3 is 2.22 bits per heavy atom. The summed E-state index contributed by atoms with van der Waals surface area (Å²) in [7, 11) is 0. The molecule has 0 spiro atoms. The van der Waals surface area contributed by atoms with Crippen LogP contribution in [0.2, 0.25) is 0 Å². The maximum atomic E-state index is 10.7. The van der Waals surface area contributed by atoms with Gasteiger partial charge in [0.2, 0.25) is 0 Å². The van der Waals surface area contributed by atoms with Crippen LogP contribution in [-0.4, -0.2) is 24.2 Å². The van der Waals surface area contributed by atoms with Gasteiger partial charge in [-0.3, -0.25) is 4.79 Å². The Morgan fingerprint density at radius 1 is 1.22 bits per heavy atom. The second kappa shape index (κ2) is 5.89. The van der Waals surface area contributed by atoms with E-state index in [9.17, 15) is 4.79 Å². The second-order valence-corrected chi connectivity index (χ2v) is 5.96. The summed E-state index contributed by atoms with van der Waals surface area (Å²) in [5.74, 6) is -0.749. The Labute approximate surface area is 109 Å². The summed E-state index contributed by atoms with van der Waals surface area (Å²) in [6.07, 6.45) is 0.171. The minimum Gasteiger partial charge on any atom is -0.481 e.